The molecule has 0 atom stereocenters. The molecule has 62 heavy (non-hydrogen) atoms. The Morgan fingerprint density at radius 1 is 0.726 bits per heavy atom. The van der Waals surface area contributed by atoms with Crippen LogP contribution < -0.4 is 139 Å². The third-order valence-corrected chi connectivity index (χ3v) is 12.7. The molecule has 0 heterocycles. The van der Waals surface area contributed by atoms with Gasteiger partial charge >= 0.3 is 118 Å². The van der Waals surface area contributed by atoms with Gasteiger partial charge in [0.15, 0.2) is 37.7 Å². The van der Waals surface area contributed by atoms with Crippen molar-refractivity contribution in [3.63, 3.8) is 0 Å². The van der Waals surface area contributed by atoms with Crippen LogP contribution in [0.4, 0.5) is 28.4 Å². The summed E-state index contributed by atoms with van der Waals surface area (Å²) < 4.78 is 142. The van der Waals surface area contributed by atoms with Crippen molar-refractivity contribution < 1.29 is 208 Å². The number of methoxy groups -OCH3 is 1. The molecular formula is C27H23N5Na4O20S6. The van der Waals surface area contributed by atoms with E-state index in [1.165, 1.54) is 12.1 Å². The van der Waals surface area contributed by atoms with Crippen LogP contribution in [0.5, 0.6) is 11.5 Å². The number of hydrogen-bond donors (Lipinski definition) is 2. The minimum atomic E-state index is -5.45. The van der Waals surface area contributed by atoms with Crippen LogP contribution in [0.15, 0.2) is 94.6 Å². The van der Waals surface area contributed by atoms with E-state index in [0.717, 1.165) is 49.6 Å². The first-order valence-electron chi connectivity index (χ1n) is 14.9. The molecule has 0 aliphatic heterocycles. The predicted octanol–water partition coefficient (Wildman–Crippen LogP) is -10.1. The third kappa shape index (κ3) is 17.5. The van der Waals surface area contributed by atoms with Crippen LogP contribution in [0, 0.1) is 0 Å². The smallest absolute Gasteiger partial charge is 0.744 e. The minimum Gasteiger partial charge on any atom is -0.744 e. The number of phenols is 1. The largest absolute Gasteiger partial charge is 1.00 e. The fourth-order valence-corrected chi connectivity index (χ4v) is 8.64. The number of sulfone groups is 2. The number of phenolic OH excluding ortho intramolecular Hbond substituents is 1. The van der Waals surface area contributed by atoms with E-state index in [4.69, 9.17) is 14.7 Å². The monoisotopic (exact) mass is 1020 g/mol. The molecule has 0 radical (unpaired) electrons. The Morgan fingerprint density at radius 2 is 1.31 bits per heavy atom. The standard InChI is InChI=1S/C27H27N5O20S6.4Na/c1-46-20-7-6-18(56(38,39)11-9-48-58(43,44)45)14-19(20)30-32-26-22(57(40,41)42)13-15-12-21(53-51-49-34)25(27(33)23(15)24(26)28)31-29-16-2-4-17(5-3-16)55(36,37)10-8-47-54-52-50-35;;;;/h2-7,12-14,33-35H,8-11,28H2,1H3,(H,40,41,42)(H,43,44,45);;;;/q;4*+1/p-4. The number of hydrogen-bond acceptors (Lipinski definition) is 27. The SMILES string of the molecule is COc1ccc(S(=O)(=O)CCOS(=O)(=O)[O-])cc1N=Nc1c(S(=O)(=O)[O-])cc2cc(SOO[O-])c(N=Nc3ccc(S(=O)(=O)CCOSOO[O-])cc3)c(O)c2c1N.[Na+].[Na+].[Na+].[Na+]. The van der Waals surface area contributed by atoms with Gasteiger partial charge in [-0.05, 0) is 60.0 Å². The van der Waals surface area contributed by atoms with Gasteiger partial charge in [0.05, 0.1) is 80.2 Å². The molecule has 0 saturated carbocycles. The second kappa shape index (κ2) is 27.6. The number of rotatable bonds is 21. The zero-order valence-electron chi connectivity index (χ0n) is 32.5. The average molecular weight is 1020 g/mol. The van der Waals surface area contributed by atoms with Crippen molar-refractivity contribution in [2.45, 2.75) is 19.6 Å². The summed E-state index contributed by atoms with van der Waals surface area (Å²) >= 11 is 0.298. The van der Waals surface area contributed by atoms with E-state index < -0.39 is 96.3 Å². The minimum absolute atomic E-state index is 0. The molecular weight excluding hydrogens is 999 g/mol. The molecule has 4 aromatic rings. The van der Waals surface area contributed by atoms with E-state index >= 15 is 0 Å². The van der Waals surface area contributed by atoms with Gasteiger partial charge in [0.1, 0.15) is 32.9 Å². The summed E-state index contributed by atoms with van der Waals surface area (Å²) in [4.78, 5) is -2.01. The summed E-state index contributed by atoms with van der Waals surface area (Å²) in [6.45, 7) is -1.41. The summed E-state index contributed by atoms with van der Waals surface area (Å²) in [5.74, 6) is -2.48. The number of fused-ring (bicyclic) bond motifs is 1. The van der Waals surface area contributed by atoms with E-state index in [1.807, 2.05) is 0 Å². The number of aromatic hydroxyl groups is 1. The van der Waals surface area contributed by atoms with Gasteiger partial charge in [-0.2, -0.15) is 9.45 Å². The fourth-order valence-electron chi connectivity index (χ4n) is 4.58. The van der Waals surface area contributed by atoms with E-state index in [-0.39, 0.29) is 182 Å². The molecule has 0 aliphatic carbocycles. The molecule has 4 aromatic carbocycles. The third-order valence-electron chi connectivity index (χ3n) is 7.08. The Labute approximate surface area is 449 Å². The number of anilines is 1. The van der Waals surface area contributed by atoms with E-state index in [2.05, 4.69) is 43.4 Å². The molecule has 0 spiro atoms. The second-order valence-electron chi connectivity index (χ2n) is 10.6. The van der Waals surface area contributed by atoms with Gasteiger partial charge in [-0.15, -0.1) is 19.7 Å². The molecule has 0 amide bonds. The molecule has 0 aromatic heterocycles. The maximum Gasteiger partial charge on any atom is 1.00 e. The molecule has 4 rings (SSSR count). The Kier molecular flexibility index (Phi) is 27.5. The molecule has 0 fully saturated rings. The number of azo groups is 2. The Balaban J connectivity index is 0.00000930. The van der Waals surface area contributed by atoms with E-state index in [9.17, 15) is 58.4 Å². The first-order chi connectivity index (χ1) is 27.2. The van der Waals surface area contributed by atoms with Gasteiger partial charge in [-0.1, -0.05) is 0 Å². The molecule has 0 bridgehead atoms. The van der Waals surface area contributed by atoms with Crippen LogP contribution in [-0.4, -0.2) is 79.7 Å². The van der Waals surface area contributed by atoms with Crippen LogP contribution in [-0.2, 0) is 67.3 Å². The second-order valence-corrected chi connectivity index (χ2v) is 18.5. The molecule has 316 valence electrons. The van der Waals surface area contributed by atoms with Crippen LogP contribution >= 0.6 is 24.4 Å². The first-order valence-corrected chi connectivity index (χ1v) is 22.3. The molecule has 25 nitrogen and oxygen atoms in total. The van der Waals surface area contributed by atoms with Gasteiger partial charge < -0.3 is 35.2 Å². The molecule has 35 heteroatoms. The molecule has 0 unspecified atom stereocenters. The van der Waals surface area contributed by atoms with Crippen LogP contribution in [0.25, 0.3) is 10.8 Å². The van der Waals surface area contributed by atoms with Gasteiger partial charge in [-0.25, -0.2) is 33.7 Å². The number of nitrogens with two attached hydrogens (primary N) is 1. The predicted molar refractivity (Wildman–Crippen MR) is 189 cm³/mol. The van der Waals surface area contributed by atoms with Crippen molar-refractivity contribution in [1.82, 2.24) is 0 Å². The maximum atomic E-state index is 12.8. The topological polar surface area (TPSA) is 389 Å². The van der Waals surface area contributed by atoms with Crippen molar-refractivity contribution >= 4 is 104 Å². The number of ether oxygens (including phenoxy) is 1. The van der Waals surface area contributed by atoms with Crippen LogP contribution in [0.3, 0.4) is 0 Å². The maximum absolute atomic E-state index is 12.8. The van der Waals surface area contributed by atoms with Crippen LogP contribution in [0.1, 0.15) is 0 Å². The zero-order chi connectivity index (χ0) is 42.9. The molecule has 0 aliphatic rings. The van der Waals surface area contributed by atoms with E-state index in [1.54, 1.807) is 0 Å². The Morgan fingerprint density at radius 3 is 1.89 bits per heavy atom. The summed E-state index contributed by atoms with van der Waals surface area (Å²) in [6, 6.07) is 9.59. The Bertz CT molecular complexity index is 2670. The number of nitrogens with zero attached hydrogens (tertiary/aromatic N) is 4. The fraction of sp³-hybridized carbons (Fsp3) is 0.185. The van der Waals surface area contributed by atoms with E-state index in [0.29, 0.717) is 0 Å². The summed E-state index contributed by atoms with van der Waals surface area (Å²) in [7, 11) is -17.7. The summed E-state index contributed by atoms with van der Waals surface area (Å²) in [5.41, 5.74) is 3.88. The van der Waals surface area contributed by atoms with Crippen molar-refractivity contribution in [2.75, 3.05) is 37.6 Å². The van der Waals surface area contributed by atoms with Gasteiger partial charge in [0.2, 0.25) is 10.4 Å². The van der Waals surface area contributed by atoms with Crippen LogP contribution in [0.2, 0.25) is 0 Å². The van der Waals surface area contributed by atoms with Crippen molar-refractivity contribution in [3.05, 3.63) is 54.6 Å². The summed E-state index contributed by atoms with van der Waals surface area (Å²) in [6.07, 6.45) is 0. The average Bonchev–Trinajstić information content (AvgIpc) is 3.15. The van der Waals surface area contributed by atoms with Gasteiger partial charge in [0.25, 0.3) is 0 Å². The van der Waals surface area contributed by atoms with Crippen molar-refractivity contribution in [2.24, 2.45) is 20.5 Å². The zero-order valence-corrected chi connectivity index (χ0v) is 45.4. The molecule has 0 saturated heterocycles. The normalized spacial score (nSPS) is 12.1. The Hall–Kier alpha value is -0.160. The van der Waals surface area contributed by atoms with Gasteiger partial charge in [0, 0.05) is 0 Å². The van der Waals surface area contributed by atoms with Gasteiger partial charge in [-0.3, -0.25) is 18.4 Å². The molecule has 3 N–H and O–H groups in total. The first kappa shape index (κ1) is 61.8. The van der Waals surface area contributed by atoms with Crippen molar-refractivity contribution in [1.29, 1.82) is 0 Å². The quantitative estimate of drug-likeness (QED) is 0.00900. The number of benzene rings is 4. The summed E-state index contributed by atoms with van der Waals surface area (Å²) in [5, 5.41) is 53.1. The van der Waals surface area contributed by atoms with Crippen molar-refractivity contribution in [3.8, 4) is 11.5 Å². The number of nitrogen functional groups attached to an aromatic ring is 1.